The molecule has 0 aliphatic carbocycles. The number of nitrogens with zero attached hydrogens (tertiary/aromatic N) is 1. The Bertz CT molecular complexity index is 415. The first-order valence-electron chi connectivity index (χ1n) is 3.95. The molecular weight excluding hydrogens is 164 g/mol. The number of nitrogens with one attached hydrogen (secondary N) is 1. The molecule has 13 heavy (non-hydrogen) atoms. The average Bonchev–Trinajstić information content (AvgIpc) is 2.01. The number of hydrogen-bond donors (Lipinski definition) is 1. The minimum absolute atomic E-state index is 0.157. The Kier molecular flexibility index (Phi) is 2.46. The standard InChI is InChI=1S/C10H12N2O/c1-5-8-9(6(2)3)10(13)12-7(4)11-8/h5H,1-2H2,3-4H3,(H,11,12,13). The first-order valence-corrected chi connectivity index (χ1v) is 3.95. The fourth-order valence-corrected chi connectivity index (χ4v) is 1.17. The number of aryl methyl sites for hydroxylation is 1. The van der Waals surface area contributed by atoms with Crippen molar-refractivity contribution < 1.29 is 0 Å². The molecule has 1 aromatic heterocycles. The summed E-state index contributed by atoms with van der Waals surface area (Å²) < 4.78 is 0. The van der Waals surface area contributed by atoms with Crippen molar-refractivity contribution in [3.8, 4) is 0 Å². The summed E-state index contributed by atoms with van der Waals surface area (Å²) in [6.07, 6.45) is 1.56. The van der Waals surface area contributed by atoms with Crippen molar-refractivity contribution in [2.75, 3.05) is 0 Å². The number of H-pyrrole nitrogens is 1. The van der Waals surface area contributed by atoms with E-state index in [1.54, 1.807) is 19.9 Å². The first-order chi connectivity index (χ1) is 6.06. The highest BCUT2D eigenvalue weighted by molar-refractivity contribution is 5.68. The molecule has 1 rings (SSSR count). The molecule has 0 aliphatic rings. The van der Waals surface area contributed by atoms with Crippen LogP contribution in [0, 0.1) is 6.92 Å². The summed E-state index contributed by atoms with van der Waals surface area (Å²) >= 11 is 0. The average molecular weight is 176 g/mol. The van der Waals surface area contributed by atoms with Gasteiger partial charge in [-0.25, -0.2) is 4.98 Å². The van der Waals surface area contributed by atoms with E-state index < -0.39 is 0 Å². The van der Waals surface area contributed by atoms with Crippen LogP contribution in [0.2, 0.25) is 0 Å². The third-order valence-corrected chi connectivity index (χ3v) is 1.69. The van der Waals surface area contributed by atoms with Gasteiger partial charge in [0, 0.05) is 0 Å². The number of allylic oxidation sites excluding steroid dienone is 1. The molecule has 0 aliphatic heterocycles. The Labute approximate surface area is 76.8 Å². The number of rotatable bonds is 2. The Balaban J connectivity index is 3.57. The zero-order valence-electron chi connectivity index (χ0n) is 7.85. The monoisotopic (exact) mass is 176 g/mol. The summed E-state index contributed by atoms with van der Waals surface area (Å²) in [4.78, 5) is 18.2. The minimum Gasteiger partial charge on any atom is -0.310 e. The molecule has 0 saturated heterocycles. The maximum Gasteiger partial charge on any atom is 0.258 e. The van der Waals surface area contributed by atoms with Crippen molar-refractivity contribution in [2.24, 2.45) is 0 Å². The third-order valence-electron chi connectivity index (χ3n) is 1.69. The van der Waals surface area contributed by atoms with Gasteiger partial charge in [-0.05, 0) is 25.5 Å². The van der Waals surface area contributed by atoms with Gasteiger partial charge in [-0.15, -0.1) is 0 Å². The summed E-state index contributed by atoms with van der Waals surface area (Å²) in [5.41, 5.74) is 1.65. The van der Waals surface area contributed by atoms with E-state index in [1.165, 1.54) is 0 Å². The molecule has 0 fully saturated rings. The molecule has 3 heteroatoms. The molecule has 0 aromatic carbocycles. The minimum atomic E-state index is -0.157. The van der Waals surface area contributed by atoms with E-state index in [0.29, 0.717) is 22.7 Å². The Hall–Kier alpha value is -1.64. The fourth-order valence-electron chi connectivity index (χ4n) is 1.17. The highest BCUT2D eigenvalue weighted by Gasteiger charge is 2.07. The van der Waals surface area contributed by atoms with Gasteiger partial charge in [0.25, 0.3) is 5.56 Å². The largest absolute Gasteiger partial charge is 0.310 e. The van der Waals surface area contributed by atoms with Crippen LogP contribution in [0.15, 0.2) is 18.0 Å². The zero-order chi connectivity index (χ0) is 10.0. The second-order valence-electron chi connectivity index (χ2n) is 2.90. The van der Waals surface area contributed by atoms with E-state index in [9.17, 15) is 4.79 Å². The second kappa shape index (κ2) is 3.39. The molecule has 1 N–H and O–H groups in total. The predicted molar refractivity (Wildman–Crippen MR) is 54.4 cm³/mol. The van der Waals surface area contributed by atoms with Crippen LogP contribution in [0.1, 0.15) is 24.0 Å². The number of hydrogen-bond acceptors (Lipinski definition) is 2. The number of aromatic nitrogens is 2. The SMILES string of the molecule is C=Cc1nc(C)[nH]c(=O)c1C(=C)C. The van der Waals surface area contributed by atoms with Gasteiger partial charge in [-0.3, -0.25) is 4.79 Å². The maximum absolute atomic E-state index is 11.5. The molecule has 0 unspecified atom stereocenters. The van der Waals surface area contributed by atoms with Crippen molar-refractivity contribution >= 4 is 11.6 Å². The summed E-state index contributed by atoms with van der Waals surface area (Å²) in [7, 11) is 0. The fraction of sp³-hybridized carbons (Fsp3) is 0.200. The normalized spacial score (nSPS) is 9.69. The molecule has 0 saturated carbocycles. The van der Waals surface area contributed by atoms with Gasteiger partial charge in [-0.2, -0.15) is 0 Å². The van der Waals surface area contributed by atoms with Gasteiger partial charge in [0.2, 0.25) is 0 Å². The van der Waals surface area contributed by atoms with Crippen molar-refractivity contribution in [2.45, 2.75) is 13.8 Å². The van der Waals surface area contributed by atoms with E-state index in [2.05, 4.69) is 23.1 Å². The topological polar surface area (TPSA) is 45.8 Å². The van der Waals surface area contributed by atoms with Gasteiger partial charge < -0.3 is 4.98 Å². The molecule has 0 amide bonds. The van der Waals surface area contributed by atoms with Gasteiger partial charge >= 0.3 is 0 Å². The van der Waals surface area contributed by atoms with Crippen LogP contribution in [-0.4, -0.2) is 9.97 Å². The van der Waals surface area contributed by atoms with Crippen LogP contribution in [0.25, 0.3) is 11.6 Å². The van der Waals surface area contributed by atoms with Crippen LogP contribution < -0.4 is 5.56 Å². The zero-order valence-corrected chi connectivity index (χ0v) is 7.85. The van der Waals surface area contributed by atoms with E-state index in [0.717, 1.165) is 0 Å². The van der Waals surface area contributed by atoms with Crippen LogP contribution in [0.3, 0.4) is 0 Å². The van der Waals surface area contributed by atoms with E-state index in [1.807, 2.05) is 0 Å². The van der Waals surface area contributed by atoms with E-state index >= 15 is 0 Å². The molecule has 1 aromatic rings. The molecule has 0 atom stereocenters. The lowest BCUT2D eigenvalue weighted by atomic mass is 10.1. The van der Waals surface area contributed by atoms with Crippen LogP contribution in [0.5, 0.6) is 0 Å². The van der Waals surface area contributed by atoms with Crippen molar-refractivity contribution in [1.82, 2.24) is 9.97 Å². The number of aromatic amines is 1. The third kappa shape index (κ3) is 1.75. The molecular formula is C10H12N2O. The smallest absolute Gasteiger partial charge is 0.258 e. The highest BCUT2D eigenvalue weighted by atomic mass is 16.1. The van der Waals surface area contributed by atoms with Crippen molar-refractivity contribution in [1.29, 1.82) is 0 Å². The van der Waals surface area contributed by atoms with Gasteiger partial charge in [-0.1, -0.05) is 13.2 Å². The van der Waals surface area contributed by atoms with E-state index in [4.69, 9.17) is 0 Å². The highest BCUT2D eigenvalue weighted by Crippen LogP contribution is 2.11. The molecule has 0 radical (unpaired) electrons. The summed E-state index contributed by atoms with van der Waals surface area (Å²) in [5.74, 6) is 0.588. The summed E-state index contributed by atoms with van der Waals surface area (Å²) in [6.45, 7) is 10.8. The Morgan fingerprint density at radius 2 is 2.23 bits per heavy atom. The van der Waals surface area contributed by atoms with Gasteiger partial charge in [0.1, 0.15) is 5.82 Å². The summed E-state index contributed by atoms with van der Waals surface area (Å²) in [6, 6.07) is 0. The maximum atomic E-state index is 11.5. The van der Waals surface area contributed by atoms with Crippen molar-refractivity contribution in [3.05, 3.63) is 40.6 Å². The van der Waals surface area contributed by atoms with Crippen LogP contribution in [-0.2, 0) is 0 Å². The first kappa shape index (κ1) is 9.45. The lowest BCUT2D eigenvalue weighted by molar-refractivity contribution is 0.999. The van der Waals surface area contributed by atoms with Crippen LogP contribution >= 0.6 is 0 Å². The lowest BCUT2D eigenvalue weighted by Crippen LogP contribution is -2.16. The predicted octanol–water partition coefficient (Wildman–Crippen LogP) is 1.75. The Morgan fingerprint density at radius 1 is 1.62 bits per heavy atom. The van der Waals surface area contributed by atoms with Gasteiger partial charge in [0.05, 0.1) is 11.3 Å². The summed E-state index contributed by atoms with van der Waals surface area (Å²) in [5, 5.41) is 0. The Morgan fingerprint density at radius 3 is 2.69 bits per heavy atom. The molecule has 68 valence electrons. The van der Waals surface area contributed by atoms with E-state index in [-0.39, 0.29) is 5.56 Å². The molecule has 1 heterocycles. The molecule has 0 bridgehead atoms. The van der Waals surface area contributed by atoms with Gasteiger partial charge in [0.15, 0.2) is 0 Å². The van der Waals surface area contributed by atoms with Crippen molar-refractivity contribution in [3.63, 3.8) is 0 Å². The lowest BCUT2D eigenvalue weighted by Gasteiger charge is -2.03. The van der Waals surface area contributed by atoms with Crippen LogP contribution in [0.4, 0.5) is 0 Å². The second-order valence-corrected chi connectivity index (χ2v) is 2.90. The molecule has 3 nitrogen and oxygen atoms in total. The quantitative estimate of drug-likeness (QED) is 0.746. The molecule has 0 spiro atoms.